The summed E-state index contributed by atoms with van der Waals surface area (Å²) < 4.78 is 19.8. The minimum Gasteiger partial charge on any atom is -0.477 e. The summed E-state index contributed by atoms with van der Waals surface area (Å²) in [6.45, 7) is 2.63. The molecule has 2 rings (SSSR count). The zero-order chi connectivity index (χ0) is 13.1. The number of carbonyl (C=O) groups is 1. The normalized spacial score (nSPS) is 11.0. The average Bonchev–Trinajstić information content (AvgIpc) is 2.70. The fourth-order valence-electron chi connectivity index (χ4n) is 1.80. The molecule has 5 heteroatoms. The van der Waals surface area contributed by atoms with Crippen molar-refractivity contribution in [1.29, 1.82) is 0 Å². The van der Waals surface area contributed by atoms with Crippen LogP contribution >= 0.6 is 11.3 Å². The number of carboxylic acid groups (broad SMARTS) is 1. The third-order valence-electron chi connectivity index (χ3n) is 2.55. The Labute approximate surface area is 108 Å². The minimum absolute atomic E-state index is 0.135. The molecule has 0 aliphatic heterocycles. The topological polar surface area (TPSA) is 46.5 Å². The van der Waals surface area contributed by atoms with E-state index in [1.807, 2.05) is 6.92 Å². The second-order valence-corrected chi connectivity index (χ2v) is 4.93. The lowest BCUT2D eigenvalue weighted by atomic mass is 10.1. The maximum absolute atomic E-state index is 13.8. The van der Waals surface area contributed by atoms with Crippen LogP contribution in [0.2, 0.25) is 0 Å². The van der Waals surface area contributed by atoms with Crippen molar-refractivity contribution in [3.8, 4) is 0 Å². The van der Waals surface area contributed by atoms with Gasteiger partial charge in [-0.1, -0.05) is 13.0 Å². The molecule has 0 fully saturated rings. The van der Waals surface area contributed by atoms with Crippen molar-refractivity contribution in [1.82, 2.24) is 0 Å². The molecule has 0 aliphatic rings. The first-order chi connectivity index (χ1) is 8.65. The second-order valence-electron chi connectivity index (χ2n) is 3.88. The first-order valence-corrected chi connectivity index (χ1v) is 6.47. The van der Waals surface area contributed by atoms with Crippen molar-refractivity contribution in [2.24, 2.45) is 0 Å². The van der Waals surface area contributed by atoms with Crippen LogP contribution in [0, 0.1) is 5.82 Å². The zero-order valence-corrected chi connectivity index (χ0v) is 10.7. The van der Waals surface area contributed by atoms with E-state index in [9.17, 15) is 9.18 Å². The Hall–Kier alpha value is -1.46. The number of ether oxygens (including phenoxy) is 1. The fraction of sp³-hybridized carbons (Fsp3) is 0.308. The number of thiophene rings is 1. The highest BCUT2D eigenvalue weighted by Gasteiger charge is 2.19. The van der Waals surface area contributed by atoms with Crippen LogP contribution < -0.4 is 0 Å². The van der Waals surface area contributed by atoms with Gasteiger partial charge in [-0.15, -0.1) is 11.3 Å². The summed E-state index contributed by atoms with van der Waals surface area (Å²) in [6, 6.07) is 4.64. The molecule has 1 N–H and O–H groups in total. The molecule has 0 bridgehead atoms. The van der Waals surface area contributed by atoms with E-state index in [0.717, 1.165) is 17.8 Å². The lowest BCUT2D eigenvalue weighted by Gasteiger charge is -2.03. The predicted octanol–water partition coefficient (Wildman–Crippen LogP) is 3.67. The van der Waals surface area contributed by atoms with E-state index in [-0.39, 0.29) is 11.5 Å². The van der Waals surface area contributed by atoms with Gasteiger partial charge in [-0.3, -0.25) is 0 Å². The van der Waals surface area contributed by atoms with Gasteiger partial charge in [0.25, 0.3) is 0 Å². The maximum Gasteiger partial charge on any atom is 0.346 e. The molecule has 0 amide bonds. The van der Waals surface area contributed by atoms with Gasteiger partial charge in [-0.2, -0.15) is 0 Å². The number of halogens is 1. The molecule has 1 aromatic heterocycles. The van der Waals surface area contributed by atoms with Gasteiger partial charge in [0, 0.05) is 22.3 Å². The molecule has 2 aromatic rings. The molecule has 0 unspecified atom stereocenters. The van der Waals surface area contributed by atoms with Crippen LogP contribution in [0.4, 0.5) is 4.39 Å². The third kappa shape index (κ3) is 2.37. The van der Waals surface area contributed by atoms with E-state index in [4.69, 9.17) is 9.84 Å². The molecule has 1 heterocycles. The van der Waals surface area contributed by atoms with Gasteiger partial charge in [0.05, 0.1) is 6.61 Å². The molecular weight excluding hydrogens is 255 g/mol. The third-order valence-corrected chi connectivity index (χ3v) is 3.74. The number of benzene rings is 1. The Bertz CT molecular complexity index is 577. The predicted molar refractivity (Wildman–Crippen MR) is 68.7 cm³/mol. The Balaban J connectivity index is 2.51. The maximum atomic E-state index is 13.8. The number of hydrogen-bond acceptors (Lipinski definition) is 3. The minimum atomic E-state index is -1.04. The molecule has 0 saturated carbocycles. The molecule has 18 heavy (non-hydrogen) atoms. The highest BCUT2D eigenvalue weighted by molar-refractivity contribution is 7.21. The van der Waals surface area contributed by atoms with E-state index in [1.165, 1.54) is 6.07 Å². The molecule has 1 aromatic carbocycles. The molecule has 0 radical (unpaired) electrons. The van der Waals surface area contributed by atoms with Crippen LogP contribution in [-0.4, -0.2) is 17.7 Å². The molecule has 96 valence electrons. The van der Waals surface area contributed by atoms with Crippen LogP contribution in [0.5, 0.6) is 0 Å². The van der Waals surface area contributed by atoms with Crippen LogP contribution in [0.15, 0.2) is 18.2 Å². The van der Waals surface area contributed by atoms with Crippen LogP contribution in [0.3, 0.4) is 0 Å². The lowest BCUT2D eigenvalue weighted by Crippen LogP contribution is -2.01. The molecular formula is C13H13FO3S. The van der Waals surface area contributed by atoms with Crippen molar-refractivity contribution < 1.29 is 19.0 Å². The molecule has 3 nitrogen and oxygen atoms in total. The van der Waals surface area contributed by atoms with Crippen LogP contribution in [-0.2, 0) is 11.3 Å². The van der Waals surface area contributed by atoms with Crippen LogP contribution in [0.25, 0.3) is 10.1 Å². The van der Waals surface area contributed by atoms with E-state index < -0.39 is 11.8 Å². The van der Waals surface area contributed by atoms with Crippen molar-refractivity contribution in [2.75, 3.05) is 6.61 Å². The summed E-state index contributed by atoms with van der Waals surface area (Å²) in [4.78, 5) is 11.3. The highest BCUT2D eigenvalue weighted by atomic mass is 32.1. The van der Waals surface area contributed by atoms with Crippen LogP contribution in [0.1, 0.15) is 28.6 Å². The lowest BCUT2D eigenvalue weighted by molar-refractivity contribution is 0.0694. The summed E-state index contributed by atoms with van der Waals surface area (Å²) in [7, 11) is 0. The first kappa shape index (κ1) is 13.0. The fourth-order valence-corrected chi connectivity index (χ4v) is 2.86. The van der Waals surface area contributed by atoms with Gasteiger partial charge in [0.15, 0.2) is 0 Å². The van der Waals surface area contributed by atoms with Crippen molar-refractivity contribution in [2.45, 2.75) is 20.0 Å². The van der Waals surface area contributed by atoms with Crippen molar-refractivity contribution >= 4 is 27.4 Å². The summed E-state index contributed by atoms with van der Waals surface area (Å²) >= 11 is 1.08. The molecule has 0 spiro atoms. The zero-order valence-electron chi connectivity index (χ0n) is 9.90. The Kier molecular flexibility index (Phi) is 3.93. The average molecular weight is 268 g/mol. The van der Waals surface area contributed by atoms with Gasteiger partial charge in [-0.05, 0) is 18.6 Å². The molecule has 0 saturated heterocycles. The van der Waals surface area contributed by atoms with Gasteiger partial charge in [0.1, 0.15) is 10.7 Å². The number of fused-ring (bicyclic) bond motifs is 1. The molecule has 0 atom stereocenters. The van der Waals surface area contributed by atoms with Gasteiger partial charge in [-0.25, -0.2) is 9.18 Å². The first-order valence-electron chi connectivity index (χ1n) is 5.66. The number of hydrogen-bond donors (Lipinski definition) is 1. The summed E-state index contributed by atoms with van der Waals surface area (Å²) in [5.41, 5.74) is 0.439. The smallest absolute Gasteiger partial charge is 0.346 e. The second kappa shape index (κ2) is 5.46. The summed E-state index contributed by atoms with van der Waals surface area (Å²) in [5, 5.41) is 9.52. The Morgan fingerprint density at radius 3 is 2.94 bits per heavy atom. The SMILES string of the molecule is CCCOCc1c(C(=O)O)sc2cccc(F)c12. The van der Waals surface area contributed by atoms with Crippen molar-refractivity contribution in [3.05, 3.63) is 34.5 Å². The standard InChI is InChI=1S/C13H13FO3S/c1-2-6-17-7-8-11-9(14)4-3-5-10(11)18-12(8)13(15)16/h3-5H,2,6-7H2,1H3,(H,15,16). The number of aromatic carboxylic acids is 1. The Morgan fingerprint density at radius 2 is 2.28 bits per heavy atom. The van der Waals surface area contributed by atoms with Crippen molar-refractivity contribution in [3.63, 3.8) is 0 Å². The van der Waals surface area contributed by atoms with E-state index >= 15 is 0 Å². The van der Waals surface area contributed by atoms with Gasteiger partial charge < -0.3 is 9.84 Å². The summed E-state index contributed by atoms with van der Waals surface area (Å²) in [6.07, 6.45) is 0.840. The molecule has 0 aliphatic carbocycles. The Morgan fingerprint density at radius 1 is 1.50 bits per heavy atom. The number of rotatable bonds is 5. The largest absolute Gasteiger partial charge is 0.477 e. The number of carboxylic acids is 1. The monoisotopic (exact) mass is 268 g/mol. The quantitative estimate of drug-likeness (QED) is 0.842. The van der Waals surface area contributed by atoms with E-state index in [1.54, 1.807) is 12.1 Å². The van der Waals surface area contributed by atoms with E-state index in [2.05, 4.69) is 0 Å². The van der Waals surface area contributed by atoms with Gasteiger partial charge in [0.2, 0.25) is 0 Å². The van der Waals surface area contributed by atoms with E-state index in [0.29, 0.717) is 22.3 Å². The summed E-state index contributed by atoms with van der Waals surface area (Å²) in [5.74, 6) is -1.43. The highest BCUT2D eigenvalue weighted by Crippen LogP contribution is 2.33. The van der Waals surface area contributed by atoms with Gasteiger partial charge >= 0.3 is 5.97 Å².